The Morgan fingerprint density at radius 2 is 2.05 bits per heavy atom. The van der Waals surface area contributed by atoms with Crippen LogP contribution in [0.3, 0.4) is 0 Å². The Hall–Kier alpha value is -0.540. The average molecular weight is 324 g/mol. The second-order valence-corrected chi connectivity index (χ2v) is 7.39. The van der Waals surface area contributed by atoms with Crippen LogP contribution in [0.4, 0.5) is 0 Å². The average Bonchev–Trinajstić information content (AvgIpc) is 2.34. The molecule has 3 heteroatoms. The summed E-state index contributed by atoms with van der Waals surface area (Å²) in [7, 11) is 0. The maximum absolute atomic E-state index is 6.42. The molecule has 1 aliphatic heterocycles. The molecule has 4 atom stereocenters. The van der Waals surface area contributed by atoms with Crippen molar-refractivity contribution in [3.05, 3.63) is 28.2 Å². The third-order valence-corrected chi connectivity index (χ3v) is 5.51. The highest BCUT2D eigenvalue weighted by atomic mass is 79.9. The van der Waals surface area contributed by atoms with Gasteiger partial charge in [-0.15, -0.1) is 0 Å². The van der Waals surface area contributed by atoms with Gasteiger partial charge in [0.15, 0.2) is 0 Å². The highest BCUT2D eigenvalue weighted by Gasteiger charge is 2.44. The summed E-state index contributed by atoms with van der Waals surface area (Å²) >= 11 is 3.52. The number of hydrogen-bond acceptors (Lipinski definition) is 2. The summed E-state index contributed by atoms with van der Waals surface area (Å²) in [6.07, 6.45) is 4.47. The first-order valence-electron chi connectivity index (χ1n) is 7.23. The zero-order valence-electron chi connectivity index (χ0n) is 11.7. The third-order valence-electron chi connectivity index (χ3n) is 5.01. The summed E-state index contributed by atoms with van der Waals surface area (Å²) in [6.45, 7) is 4.70. The smallest absolute Gasteiger partial charge is 0.126 e. The zero-order chi connectivity index (χ0) is 13.6. The first-order valence-corrected chi connectivity index (χ1v) is 8.02. The molecule has 1 fully saturated rings. The van der Waals surface area contributed by atoms with Crippen molar-refractivity contribution in [1.82, 2.24) is 0 Å². The Balaban J connectivity index is 1.91. The van der Waals surface area contributed by atoms with Crippen molar-refractivity contribution >= 4 is 15.9 Å². The van der Waals surface area contributed by atoms with Crippen molar-refractivity contribution in [2.75, 3.05) is 0 Å². The van der Waals surface area contributed by atoms with Gasteiger partial charge in [-0.3, -0.25) is 0 Å². The molecule has 1 spiro atoms. The summed E-state index contributed by atoms with van der Waals surface area (Å²) in [6, 6.07) is 6.31. The van der Waals surface area contributed by atoms with E-state index in [2.05, 4.69) is 41.9 Å². The number of rotatable bonds is 0. The van der Waals surface area contributed by atoms with E-state index in [1.807, 2.05) is 6.07 Å². The molecule has 1 heterocycles. The summed E-state index contributed by atoms with van der Waals surface area (Å²) in [5, 5.41) is 0. The van der Waals surface area contributed by atoms with Crippen LogP contribution in [-0.4, -0.2) is 5.60 Å². The van der Waals surface area contributed by atoms with E-state index in [9.17, 15) is 0 Å². The van der Waals surface area contributed by atoms with Crippen LogP contribution in [0.15, 0.2) is 22.7 Å². The molecule has 1 aromatic carbocycles. The zero-order valence-corrected chi connectivity index (χ0v) is 13.2. The van der Waals surface area contributed by atoms with Gasteiger partial charge in [-0.1, -0.05) is 35.8 Å². The first-order chi connectivity index (χ1) is 8.99. The lowest BCUT2D eigenvalue weighted by Gasteiger charge is -2.47. The van der Waals surface area contributed by atoms with Gasteiger partial charge in [-0.25, -0.2) is 0 Å². The number of halogens is 1. The topological polar surface area (TPSA) is 35.2 Å². The Morgan fingerprint density at radius 3 is 2.79 bits per heavy atom. The second-order valence-electron chi connectivity index (χ2n) is 6.48. The van der Waals surface area contributed by atoms with Crippen LogP contribution < -0.4 is 10.5 Å². The molecule has 2 aliphatic rings. The first kappa shape index (κ1) is 13.4. The number of hydrogen-bond donors (Lipinski definition) is 1. The number of benzene rings is 1. The Morgan fingerprint density at radius 1 is 1.26 bits per heavy atom. The van der Waals surface area contributed by atoms with Crippen molar-refractivity contribution in [2.45, 2.75) is 51.2 Å². The normalized spacial score (nSPS) is 37.8. The minimum Gasteiger partial charge on any atom is -0.487 e. The van der Waals surface area contributed by atoms with E-state index in [-0.39, 0.29) is 11.6 Å². The van der Waals surface area contributed by atoms with Crippen LogP contribution in [-0.2, 0) is 0 Å². The van der Waals surface area contributed by atoms with Gasteiger partial charge in [0.2, 0.25) is 0 Å². The van der Waals surface area contributed by atoms with Crippen LogP contribution in [0.1, 0.15) is 51.1 Å². The molecule has 0 bridgehead atoms. The molecule has 1 aromatic rings. The molecular formula is C16H22BrNO. The fourth-order valence-electron chi connectivity index (χ4n) is 3.63. The van der Waals surface area contributed by atoms with Gasteiger partial charge in [0, 0.05) is 22.5 Å². The van der Waals surface area contributed by atoms with Crippen LogP contribution in [0.5, 0.6) is 5.75 Å². The minimum atomic E-state index is -0.0286. The molecule has 2 N–H and O–H groups in total. The highest BCUT2D eigenvalue weighted by Crippen LogP contribution is 2.48. The molecule has 0 radical (unpaired) electrons. The van der Waals surface area contributed by atoms with Gasteiger partial charge < -0.3 is 10.5 Å². The Bertz CT molecular complexity index is 490. The summed E-state index contributed by atoms with van der Waals surface area (Å²) < 4.78 is 7.48. The van der Waals surface area contributed by atoms with Crippen LogP contribution in [0.25, 0.3) is 0 Å². The largest absolute Gasteiger partial charge is 0.487 e. The lowest BCUT2D eigenvalue weighted by molar-refractivity contribution is -0.0287. The lowest BCUT2D eigenvalue weighted by Crippen LogP contribution is -2.47. The van der Waals surface area contributed by atoms with E-state index < -0.39 is 0 Å². The lowest BCUT2D eigenvalue weighted by atomic mass is 9.69. The quantitative estimate of drug-likeness (QED) is 0.766. The van der Waals surface area contributed by atoms with E-state index in [0.29, 0.717) is 0 Å². The highest BCUT2D eigenvalue weighted by molar-refractivity contribution is 9.10. The SMILES string of the molecule is CC1CCC2(CC(N)c3ccc(Br)cc3O2)CC1C. The molecule has 3 rings (SSSR count). The molecule has 1 aliphatic carbocycles. The Kier molecular flexibility index (Phi) is 3.38. The van der Waals surface area contributed by atoms with E-state index in [1.54, 1.807) is 0 Å². The second kappa shape index (κ2) is 4.78. The molecule has 0 aromatic heterocycles. The van der Waals surface area contributed by atoms with Gasteiger partial charge in [0.1, 0.15) is 11.4 Å². The van der Waals surface area contributed by atoms with Crippen molar-refractivity contribution in [3.8, 4) is 5.75 Å². The Labute approximate surface area is 123 Å². The van der Waals surface area contributed by atoms with E-state index in [1.165, 1.54) is 6.42 Å². The summed E-state index contributed by atoms with van der Waals surface area (Å²) in [4.78, 5) is 0. The summed E-state index contributed by atoms with van der Waals surface area (Å²) in [5.74, 6) is 2.50. The fourth-order valence-corrected chi connectivity index (χ4v) is 3.97. The predicted molar refractivity (Wildman–Crippen MR) is 81.2 cm³/mol. The number of fused-ring (bicyclic) bond motifs is 1. The fraction of sp³-hybridized carbons (Fsp3) is 0.625. The van der Waals surface area contributed by atoms with Gasteiger partial charge in [0.25, 0.3) is 0 Å². The maximum atomic E-state index is 6.42. The molecule has 19 heavy (non-hydrogen) atoms. The molecular weight excluding hydrogens is 302 g/mol. The van der Waals surface area contributed by atoms with Crippen molar-refractivity contribution in [3.63, 3.8) is 0 Å². The van der Waals surface area contributed by atoms with Crippen molar-refractivity contribution in [1.29, 1.82) is 0 Å². The molecule has 4 unspecified atom stereocenters. The molecule has 1 saturated carbocycles. The maximum Gasteiger partial charge on any atom is 0.126 e. The van der Waals surface area contributed by atoms with E-state index in [4.69, 9.17) is 10.5 Å². The van der Waals surface area contributed by atoms with Crippen LogP contribution >= 0.6 is 15.9 Å². The standard InChI is InChI=1S/C16H22BrNO/c1-10-5-6-16(8-11(10)2)9-14(18)13-4-3-12(17)7-15(13)19-16/h3-4,7,10-11,14H,5-6,8-9,18H2,1-2H3. The van der Waals surface area contributed by atoms with Crippen molar-refractivity contribution < 1.29 is 4.74 Å². The molecule has 2 nitrogen and oxygen atoms in total. The third kappa shape index (κ3) is 2.43. The van der Waals surface area contributed by atoms with Gasteiger partial charge in [-0.2, -0.15) is 0 Å². The summed E-state index contributed by atoms with van der Waals surface area (Å²) in [5.41, 5.74) is 7.51. The minimum absolute atomic E-state index is 0.0286. The van der Waals surface area contributed by atoms with E-state index >= 15 is 0 Å². The monoisotopic (exact) mass is 323 g/mol. The predicted octanol–water partition coefficient (Wildman–Crippen LogP) is 4.43. The van der Waals surface area contributed by atoms with Gasteiger partial charge in [-0.05, 0) is 43.2 Å². The van der Waals surface area contributed by atoms with Crippen molar-refractivity contribution in [2.24, 2.45) is 17.6 Å². The van der Waals surface area contributed by atoms with E-state index in [0.717, 1.165) is 46.9 Å². The number of nitrogens with two attached hydrogens (primary N) is 1. The molecule has 104 valence electrons. The number of ether oxygens (including phenoxy) is 1. The van der Waals surface area contributed by atoms with Crippen LogP contribution in [0, 0.1) is 11.8 Å². The van der Waals surface area contributed by atoms with Gasteiger partial charge >= 0.3 is 0 Å². The molecule has 0 saturated heterocycles. The van der Waals surface area contributed by atoms with Gasteiger partial charge in [0.05, 0.1) is 0 Å². The van der Waals surface area contributed by atoms with Crippen LogP contribution in [0.2, 0.25) is 0 Å². The molecule has 0 amide bonds.